The van der Waals surface area contributed by atoms with Crippen molar-refractivity contribution in [2.45, 2.75) is 0 Å². The van der Waals surface area contributed by atoms with Gasteiger partial charge in [-0.3, -0.25) is 4.79 Å². The second-order valence-electron chi connectivity index (χ2n) is 2.36. The van der Waals surface area contributed by atoms with E-state index in [9.17, 15) is 9.90 Å². The molecule has 0 saturated heterocycles. The number of carbonyl (C=O) groups excluding carboxylic acids is 1. The number of aldehydes is 1. The monoisotopic (exact) mass is 342 g/mol. The Morgan fingerprint density at radius 3 is 2.43 bits per heavy atom. The van der Waals surface area contributed by atoms with Crippen LogP contribution in [0, 0.1) is 0 Å². The van der Waals surface area contributed by atoms with Crippen molar-refractivity contribution in [3.63, 3.8) is 0 Å². The Kier molecular flexibility index (Phi) is 3.80. The van der Waals surface area contributed by atoms with Crippen LogP contribution in [0.5, 0.6) is 11.5 Å². The molecular weight excluding hydrogens is 339 g/mol. The van der Waals surface area contributed by atoms with E-state index < -0.39 is 0 Å². The molecule has 14 heavy (non-hydrogen) atoms. The number of aromatic hydroxyl groups is 1. The molecular formula is C8H5Br2ClO3. The van der Waals surface area contributed by atoms with E-state index in [0.29, 0.717) is 10.8 Å². The van der Waals surface area contributed by atoms with Crippen LogP contribution in [-0.4, -0.2) is 18.5 Å². The molecule has 0 aliphatic heterocycles. The lowest BCUT2D eigenvalue weighted by Gasteiger charge is -2.11. The Bertz CT molecular complexity index is 393. The van der Waals surface area contributed by atoms with Gasteiger partial charge in [-0.1, -0.05) is 11.6 Å². The maximum Gasteiger partial charge on any atom is 0.176 e. The zero-order valence-electron chi connectivity index (χ0n) is 6.97. The summed E-state index contributed by atoms with van der Waals surface area (Å²) in [5, 5.41) is 9.72. The lowest BCUT2D eigenvalue weighted by molar-refractivity contribution is 0.112. The van der Waals surface area contributed by atoms with E-state index in [1.54, 1.807) is 0 Å². The van der Waals surface area contributed by atoms with Crippen molar-refractivity contribution < 1.29 is 14.6 Å². The molecule has 0 aromatic heterocycles. The Balaban J connectivity index is 3.64. The molecule has 0 unspecified atom stereocenters. The number of phenols is 1. The molecule has 1 N–H and O–H groups in total. The third-order valence-electron chi connectivity index (χ3n) is 1.61. The minimum Gasteiger partial charge on any atom is -0.503 e. The molecule has 0 saturated carbocycles. The topological polar surface area (TPSA) is 46.5 Å². The Hall–Kier alpha value is -0.260. The summed E-state index contributed by atoms with van der Waals surface area (Å²) in [5.41, 5.74) is 0.230. The van der Waals surface area contributed by atoms with Gasteiger partial charge in [0, 0.05) is 0 Å². The first-order valence-corrected chi connectivity index (χ1v) is 5.39. The van der Waals surface area contributed by atoms with Crippen LogP contribution in [0.1, 0.15) is 10.4 Å². The van der Waals surface area contributed by atoms with Gasteiger partial charge in [-0.25, -0.2) is 0 Å². The quantitative estimate of drug-likeness (QED) is 0.661. The van der Waals surface area contributed by atoms with Gasteiger partial charge in [0.15, 0.2) is 17.8 Å². The molecule has 6 heteroatoms. The van der Waals surface area contributed by atoms with Crippen molar-refractivity contribution in [1.82, 2.24) is 0 Å². The number of halogens is 3. The molecule has 1 aromatic carbocycles. The van der Waals surface area contributed by atoms with Gasteiger partial charge in [0.1, 0.15) is 0 Å². The van der Waals surface area contributed by atoms with Gasteiger partial charge in [-0.05, 0) is 31.9 Å². The third-order valence-corrected chi connectivity index (χ3v) is 3.79. The van der Waals surface area contributed by atoms with Crippen molar-refractivity contribution in [2.24, 2.45) is 0 Å². The minimum absolute atomic E-state index is 0.144. The lowest BCUT2D eigenvalue weighted by Crippen LogP contribution is -1.93. The Morgan fingerprint density at radius 1 is 1.43 bits per heavy atom. The van der Waals surface area contributed by atoms with Gasteiger partial charge in [0.05, 0.1) is 26.6 Å². The van der Waals surface area contributed by atoms with Gasteiger partial charge in [0.25, 0.3) is 0 Å². The molecule has 3 nitrogen and oxygen atoms in total. The zero-order chi connectivity index (χ0) is 10.9. The van der Waals surface area contributed by atoms with Gasteiger partial charge < -0.3 is 9.84 Å². The highest BCUT2D eigenvalue weighted by molar-refractivity contribution is 9.11. The summed E-state index contributed by atoms with van der Waals surface area (Å²) in [4.78, 5) is 10.7. The average molecular weight is 344 g/mol. The van der Waals surface area contributed by atoms with Gasteiger partial charge in [-0.2, -0.15) is 0 Å². The molecule has 0 fully saturated rings. The highest BCUT2D eigenvalue weighted by Crippen LogP contribution is 2.46. The van der Waals surface area contributed by atoms with E-state index in [2.05, 4.69) is 31.9 Å². The first-order chi connectivity index (χ1) is 6.54. The molecule has 76 valence electrons. The predicted octanol–water partition coefficient (Wildman–Crippen LogP) is 3.39. The standard InChI is InChI=1S/C8H5Br2ClO3/c1-14-8-4(9)3(2-12)6(11)5(10)7(8)13/h2,13H,1H3. The van der Waals surface area contributed by atoms with Crippen molar-refractivity contribution in [1.29, 1.82) is 0 Å². The number of carbonyl (C=O) groups is 1. The first kappa shape index (κ1) is 11.8. The number of ether oxygens (including phenoxy) is 1. The number of rotatable bonds is 2. The van der Waals surface area contributed by atoms with Crippen LogP contribution >= 0.6 is 43.5 Å². The fraction of sp³-hybridized carbons (Fsp3) is 0.125. The summed E-state index contributed by atoms with van der Waals surface area (Å²) in [6.45, 7) is 0. The Morgan fingerprint density at radius 2 is 2.00 bits per heavy atom. The van der Waals surface area contributed by atoms with Crippen LogP contribution in [0.25, 0.3) is 0 Å². The zero-order valence-corrected chi connectivity index (χ0v) is 10.9. The predicted molar refractivity (Wildman–Crippen MR) is 60.5 cm³/mol. The summed E-state index contributed by atoms with van der Waals surface area (Å²) in [6, 6.07) is 0. The first-order valence-electron chi connectivity index (χ1n) is 3.43. The molecule has 0 bridgehead atoms. The van der Waals surface area contributed by atoms with E-state index in [1.165, 1.54) is 7.11 Å². The molecule has 1 rings (SSSR count). The maximum absolute atomic E-state index is 10.7. The van der Waals surface area contributed by atoms with E-state index in [4.69, 9.17) is 16.3 Å². The van der Waals surface area contributed by atoms with Crippen molar-refractivity contribution in [2.75, 3.05) is 7.11 Å². The van der Waals surface area contributed by atoms with E-state index >= 15 is 0 Å². The number of hydrogen-bond acceptors (Lipinski definition) is 3. The SMILES string of the molecule is COc1c(O)c(Br)c(Cl)c(C=O)c1Br. The van der Waals surface area contributed by atoms with Gasteiger partial charge in [0.2, 0.25) is 0 Å². The summed E-state index contributed by atoms with van der Waals surface area (Å²) in [5.74, 6) is 0.0263. The van der Waals surface area contributed by atoms with E-state index in [0.717, 1.165) is 0 Å². The molecule has 0 aliphatic carbocycles. The molecule has 0 aliphatic rings. The highest BCUT2D eigenvalue weighted by Gasteiger charge is 2.20. The minimum atomic E-state index is -0.144. The van der Waals surface area contributed by atoms with Crippen LogP contribution in [0.2, 0.25) is 5.02 Å². The number of benzene rings is 1. The fourth-order valence-corrected chi connectivity index (χ4v) is 2.31. The third kappa shape index (κ3) is 1.76. The molecule has 0 spiro atoms. The van der Waals surface area contributed by atoms with Crippen LogP contribution in [0.4, 0.5) is 0 Å². The number of hydrogen-bond donors (Lipinski definition) is 1. The summed E-state index contributed by atoms with van der Waals surface area (Å²) in [7, 11) is 1.38. The van der Waals surface area contributed by atoms with Crippen LogP contribution in [-0.2, 0) is 0 Å². The molecule has 0 heterocycles. The maximum atomic E-state index is 10.7. The van der Waals surface area contributed by atoms with Crippen LogP contribution in [0.15, 0.2) is 8.95 Å². The van der Waals surface area contributed by atoms with E-state index in [1.807, 2.05) is 0 Å². The molecule has 1 aromatic rings. The Labute approximate surface area is 102 Å². The van der Waals surface area contributed by atoms with Gasteiger partial charge >= 0.3 is 0 Å². The van der Waals surface area contributed by atoms with Crippen LogP contribution < -0.4 is 4.74 Å². The van der Waals surface area contributed by atoms with Crippen molar-refractivity contribution in [3.05, 3.63) is 19.5 Å². The summed E-state index contributed by atoms with van der Waals surface area (Å²) >= 11 is 12.0. The lowest BCUT2D eigenvalue weighted by atomic mass is 10.2. The van der Waals surface area contributed by atoms with Gasteiger partial charge in [-0.15, -0.1) is 0 Å². The smallest absolute Gasteiger partial charge is 0.176 e. The number of phenolic OH excluding ortho intramolecular Hbond substituents is 1. The largest absolute Gasteiger partial charge is 0.503 e. The van der Waals surface area contributed by atoms with E-state index in [-0.39, 0.29) is 26.6 Å². The fourth-order valence-electron chi connectivity index (χ4n) is 0.934. The molecule has 0 atom stereocenters. The second-order valence-corrected chi connectivity index (χ2v) is 4.32. The number of methoxy groups -OCH3 is 1. The summed E-state index contributed by atoms with van der Waals surface area (Å²) < 4.78 is 5.48. The van der Waals surface area contributed by atoms with Crippen molar-refractivity contribution >= 4 is 49.7 Å². The van der Waals surface area contributed by atoms with Crippen LogP contribution in [0.3, 0.4) is 0 Å². The second kappa shape index (κ2) is 4.51. The molecule has 0 amide bonds. The normalized spacial score (nSPS) is 10.0. The average Bonchev–Trinajstić information content (AvgIpc) is 2.16. The van der Waals surface area contributed by atoms with Crippen molar-refractivity contribution in [3.8, 4) is 11.5 Å². The summed E-state index contributed by atoms with van der Waals surface area (Å²) in [6.07, 6.45) is 0.582. The molecule has 0 radical (unpaired) electrons. The highest BCUT2D eigenvalue weighted by atomic mass is 79.9.